The highest BCUT2D eigenvalue weighted by Crippen LogP contribution is 2.29. The fraction of sp³-hybridized carbons (Fsp3) is 0.143. The number of rotatable bonds is 2. The first-order chi connectivity index (χ1) is 10.4. The second-order valence-electron chi connectivity index (χ2n) is 4.63. The SMILES string of the molecule is NCc1cc2cccc(Cl)c2nc1-n1ccc(C(F)(F)F)n1. The minimum Gasteiger partial charge on any atom is -0.326 e. The number of alkyl halides is 3. The molecule has 0 amide bonds. The van der Waals surface area contributed by atoms with Gasteiger partial charge >= 0.3 is 6.18 Å². The predicted octanol–water partition coefficient (Wildman–Crippen LogP) is 3.55. The van der Waals surface area contributed by atoms with Crippen LogP contribution in [0, 0.1) is 0 Å². The smallest absolute Gasteiger partial charge is 0.326 e. The molecule has 0 bridgehead atoms. The Bertz CT molecular complexity index is 842. The molecule has 2 aromatic heterocycles. The molecule has 0 spiro atoms. The van der Waals surface area contributed by atoms with Gasteiger partial charge in [-0.3, -0.25) is 0 Å². The van der Waals surface area contributed by atoms with Gasteiger partial charge in [-0.1, -0.05) is 23.7 Å². The topological polar surface area (TPSA) is 56.7 Å². The summed E-state index contributed by atoms with van der Waals surface area (Å²) in [5.74, 6) is 0.235. The van der Waals surface area contributed by atoms with Crippen LogP contribution in [0.5, 0.6) is 0 Å². The molecule has 0 aliphatic heterocycles. The van der Waals surface area contributed by atoms with Crippen molar-refractivity contribution in [3.8, 4) is 5.82 Å². The summed E-state index contributed by atoms with van der Waals surface area (Å²) in [4.78, 5) is 4.33. The Balaban J connectivity index is 2.21. The van der Waals surface area contributed by atoms with Crippen molar-refractivity contribution in [3.05, 3.63) is 52.8 Å². The van der Waals surface area contributed by atoms with E-state index < -0.39 is 11.9 Å². The van der Waals surface area contributed by atoms with Crippen LogP contribution < -0.4 is 5.73 Å². The third-order valence-corrected chi connectivity index (χ3v) is 3.47. The molecule has 114 valence electrons. The van der Waals surface area contributed by atoms with E-state index in [9.17, 15) is 13.2 Å². The first-order valence-electron chi connectivity index (χ1n) is 6.31. The van der Waals surface area contributed by atoms with E-state index in [2.05, 4.69) is 10.1 Å². The van der Waals surface area contributed by atoms with Gasteiger partial charge in [0, 0.05) is 23.7 Å². The number of hydrogen-bond acceptors (Lipinski definition) is 3. The predicted molar refractivity (Wildman–Crippen MR) is 76.8 cm³/mol. The van der Waals surface area contributed by atoms with E-state index in [0.717, 1.165) is 16.1 Å². The van der Waals surface area contributed by atoms with Crippen molar-refractivity contribution in [2.45, 2.75) is 12.7 Å². The standard InChI is InChI=1S/C14H10ClF3N4/c15-10-3-1-2-8-6-9(7-19)13(20-12(8)10)22-5-4-11(21-22)14(16,17)18/h1-6H,7,19H2. The quantitative estimate of drug-likeness (QED) is 0.783. The zero-order chi connectivity index (χ0) is 15.9. The third-order valence-electron chi connectivity index (χ3n) is 3.17. The van der Waals surface area contributed by atoms with Gasteiger partial charge in [-0.25, -0.2) is 9.67 Å². The van der Waals surface area contributed by atoms with E-state index >= 15 is 0 Å². The molecule has 4 nitrogen and oxygen atoms in total. The van der Waals surface area contributed by atoms with Crippen LogP contribution in [0.4, 0.5) is 13.2 Å². The fourth-order valence-electron chi connectivity index (χ4n) is 2.14. The molecule has 1 aromatic carbocycles. The van der Waals surface area contributed by atoms with E-state index in [-0.39, 0.29) is 12.4 Å². The molecule has 22 heavy (non-hydrogen) atoms. The molecule has 0 radical (unpaired) electrons. The number of nitrogens with zero attached hydrogens (tertiary/aromatic N) is 3. The lowest BCUT2D eigenvalue weighted by molar-refractivity contribution is -0.141. The molecule has 0 fully saturated rings. The normalized spacial score (nSPS) is 12.0. The van der Waals surface area contributed by atoms with Crippen LogP contribution in [-0.4, -0.2) is 14.8 Å². The van der Waals surface area contributed by atoms with Crippen molar-refractivity contribution in [2.75, 3.05) is 0 Å². The molecule has 0 aliphatic rings. The van der Waals surface area contributed by atoms with Crippen LogP contribution in [0.2, 0.25) is 5.02 Å². The molecule has 8 heteroatoms. The van der Waals surface area contributed by atoms with Crippen LogP contribution >= 0.6 is 11.6 Å². The van der Waals surface area contributed by atoms with Crippen molar-refractivity contribution < 1.29 is 13.2 Å². The van der Waals surface area contributed by atoms with Crippen LogP contribution in [0.15, 0.2) is 36.5 Å². The van der Waals surface area contributed by atoms with Crippen molar-refractivity contribution in [1.29, 1.82) is 0 Å². The minimum atomic E-state index is -4.51. The number of nitrogens with two attached hydrogens (primary N) is 1. The van der Waals surface area contributed by atoms with E-state index in [1.165, 1.54) is 6.20 Å². The van der Waals surface area contributed by atoms with Gasteiger partial charge in [0.15, 0.2) is 11.5 Å². The number of benzene rings is 1. The zero-order valence-corrected chi connectivity index (χ0v) is 11.9. The fourth-order valence-corrected chi connectivity index (χ4v) is 2.36. The van der Waals surface area contributed by atoms with Crippen LogP contribution in [-0.2, 0) is 12.7 Å². The maximum atomic E-state index is 12.7. The first-order valence-corrected chi connectivity index (χ1v) is 6.69. The maximum Gasteiger partial charge on any atom is 0.435 e. The molecule has 3 aromatic rings. The maximum absolute atomic E-state index is 12.7. The Kier molecular flexibility index (Phi) is 3.54. The molecule has 0 unspecified atom stereocenters. The summed E-state index contributed by atoms with van der Waals surface area (Å²) in [6, 6.07) is 7.87. The van der Waals surface area contributed by atoms with Gasteiger partial charge in [-0.2, -0.15) is 18.3 Å². The monoisotopic (exact) mass is 326 g/mol. The zero-order valence-electron chi connectivity index (χ0n) is 11.1. The third kappa shape index (κ3) is 2.53. The van der Waals surface area contributed by atoms with Crippen molar-refractivity contribution in [3.63, 3.8) is 0 Å². The lowest BCUT2D eigenvalue weighted by Crippen LogP contribution is -2.11. The second-order valence-corrected chi connectivity index (χ2v) is 5.04. The van der Waals surface area contributed by atoms with E-state index in [1.54, 1.807) is 24.3 Å². The number of fused-ring (bicyclic) bond motifs is 1. The summed E-state index contributed by atoms with van der Waals surface area (Å²) in [5, 5.41) is 4.70. The van der Waals surface area contributed by atoms with E-state index in [4.69, 9.17) is 17.3 Å². The lowest BCUT2D eigenvalue weighted by Gasteiger charge is -2.10. The average molecular weight is 327 g/mol. The summed E-state index contributed by atoms with van der Waals surface area (Å²) in [6.07, 6.45) is -3.31. The summed E-state index contributed by atoms with van der Waals surface area (Å²) in [6.45, 7) is 0.117. The molecule has 0 saturated heterocycles. The molecule has 3 rings (SSSR count). The van der Waals surface area contributed by atoms with Crippen LogP contribution in [0.3, 0.4) is 0 Å². The van der Waals surface area contributed by atoms with Gasteiger partial charge in [0.2, 0.25) is 0 Å². The molecule has 0 aliphatic carbocycles. The van der Waals surface area contributed by atoms with Crippen LogP contribution in [0.25, 0.3) is 16.7 Å². The van der Waals surface area contributed by atoms with Gasteiger partial charge in [-0.15, -0.1) is 0 Å². The highest BCUT2D eigenvalue weighted by atomic mass is 35.5. The Morgan fingerprint density at radius 1 is 1.23 bits per heavy atom. The summed E-state index contributed by atoms with van der Waals surface area (Å²) in [7, 11) is 0. The van der Waals surface area contributed by atoms with Gasteiger partial charge in [0.1, 0.15) is 0 Å². The molecule has 2 heterocycles. The van der Waals surface area contributed by atoms with E-state index in [0.29, 0.717) is 16.1 Å². The summed E-state index contributed by atoms with van der Waals surface area (Å²) < 4.78 is 39.1. The number of para-hydroxylation sites is 1. The number of aromatic nitrogens is 3. The highest BCUT2D eigenvalue weighted by Gasteiger charge is 2.33. The van der Waals surface area contributed by atoms with Gasteiger partial charge in [0.25, 0.3) is 0 Å². The Labute approximate surface area is 128 Å². The van der Waals surface area contributed by atoms with Gasteiger partial charge in [0.05, 0.1) is 10.5 Å². The van der Waals surface area contributed by atoms with Gasteiger partial charge < -0.3 is 5.73 Å². The number of hydrogen-bond donors (Lipinski definition) is 1. The molecule has 2 N–H and O–H groups in total. The van der Waals surface area contributed by atoms with Crippen molar-refractivity contribution in [2.24, 2.45) is 5.73 Å². The first kappa shape index (κ1) is 14.8. The van der Waals surface area contributed by atoms with Crippen molar-refractivity contribution >= 4 is 22.5 Å². The molecule has 0 saturated carbocycles. The summed E-state index contributed by atoms with van der Waals surface area (Å²) in [5.41, 5.74) is 5.75. The molecular weight excluding hydrogens is 317 g/mol. The van der Waals surface area contributed by atoms with E-state index in [1.807, 2.05) is 0 Å². The Hall–Kier alpha value is -2.12. The Morgan fingerprint density at radius 3 is 2.64 bits per heavy atom. The number of halogens is 4. The van der Waals surface area contributed by atoms with Crippen molar-refractivity contribution in [1.82, 2.24) is 14.8 Å². The molecule has 0 atom stereocenters. The summed E-state index contributed by atoms with van der Waals surface area (Å²) >= 11 is 6.09. The number of pyridine rings is 1. The van der Waals surface area contributed by atoms with Gasteiger partial charge in [-0.05, 0) is 18.2 Å². The van der Waals surface area contributed by atoms with Crippen LogP contribution in [0.1, 0.15) is 11.3 Å². The minimum absolute atomic E-state index is 0.117. The highest BCUT2D eigenvalue weighted by molar-refractivity contribution is 6.35. The lowest BCUT2D eigenvalue weighted by atomic mass is 10.1. The largest absolute Gasteiger partial charge is 0.435 e. The Morgan fingerprint density at radius 2 is 2.00 bits per heavy atom. The second kappa shape index (κ2) is 5.26. The molecular formula is C14H10ClF3N4. The average Bonchev–Trinajstić information content (AvgIpc) is 2.96.